The lowest BCUT2D eigenvalue weighted by Crippen LogP contribution is -2.51. The summed E-state index contributed by atoms with van der Waals surface area (Å²) in [5.41, 5.74) is 2.01. The number of fused-ring (bicyclic) bond motifs is 1. The lowest BCUT2D eigenvalue weighted by molar-refractivity contribution is -0.124. The summed E-state index contributed by atoms with van der Waals surface area (Å²) in [4.78, 5) is 29.4. The Hall–Kier alpha value is -3.10. The Balaban J connectivity index is 1.45. The number of likely N-dealkylation sites (tertiary alicyclic amines) is 1. The summed E-state index contributed by atoms with van der Waals surface area (Å²) in [5.74, 6) is 0.289. The van der Waals surface area contributed by atoms with Crippen LogP contribution in [0.2, 0.25) is 0 Å². The van der Waals surface area contributed by atoms with Crippen LogP contribution in [0.3, 0.4) is 0 Å². The van der Waals surface area contributed by atoms with Crippen LogP contribution in [0.25, 0.3) is 0 Å². The van der Waals surface area contributed by atoms with Crippen molar-refractivity contribution < 1.29 is 24.5 Å². The van der Waals surface area contributed by atoms with Crippen molar-refractivity contribution >= 4 is 17.5 Å². The van der Waals surface area contributed by atoms with E-state index in [1.54, 1.807) is 6.07 Å². The molecule has 2 heterocycles. The van der Waals surface area contributed by atoms with E-state index in [0.29, 0.717) is 50.2 Å². The predicted molar refractivity (Wildman–Crippen MR) is 134 cm³/mol. The van der Waals surface area contributed by atoms with Gasteiger partial charge in [-0.3, -0.25) is 9.59 Å². The van der Waals surface area contributed by atoms with E-state index in [2.05, 4.69) is 5.32 Å². The largest absolute Gasteiger partial charge is 0.483 e. The molecule has 1 saturated heterocycles. The van der Waals surface area contributed by atoms with Gasteiger partial charge in [-0.05, 0) is 60.6 Å². The van der Waals surface area contributed by atoms with Gasteiger partial charge in [0.25, 0.3) is 11.8 Å². The number of piperidine rings is 1. The number of carbonyl (C=O) groups excluding carboxylic acids is 2. The van der Waals surface area contributed by atoms with Crippen molar-refractivity contribution in [1.82, 2.24) is 10.2 Å². The van der Waals surface area contributed by atoms with Crippen LogP contribution in [-0.2, 0) is 11.2 Å². The van der Waals surface area contributed by atoms with Gasteiger partial charge in [-0.25, -0.2) is 0 Å². The van der Waals surface area contributed by atoms with Crippen molar-refractivity contribution in [2.75, 3.05) is 45.2 Å². The Labute approximate surface area is 206 Å². The SMILES string of the molecule is CN(C)c1ccc(C(=O)N2CCC3(CC2)CNC(=O)COc2ccccc2C[C@H](O)[C@H](O)C3)cc1. The number of hydrogen-bond donors (Lipinski definition) is 3. The second kappa shape index (κ2) is 10.7. The summed E-state index contributed by atoms with van der Waals surface area (Å²) < 4.78 is 5.69. The molecular formula is C27H35N3O5. The van der Waals surface area contributed by atoms with Crippen LogP contribution in [0.1, 0.15) is 35.2 Å². The molecule has 35 heavy (non-hydrogen) atoms. The van der Waals surface area contributed by atoms with Crippen molar-refractivity contribution in [2.45, 2.75) is 37.9 Å². The Morgan fingerprint density at radius 3 is 2.43 bits per heavy atom. The smallest absolute Gasteiger partial charge is 0.257 e. The maximum Gasteiger partial charge on any atom is 0.257 e. The highest BCUT2D eigenvalue weighted by atomic mass is 16.5. The molecule has 0 aromatic heterocycles. The minimum Gasteiger partial charge on any atom is -0.483 e. The zero-order valence-corrected chi connectivity index (χ0v) is 20.4. The monoisotopic (exact) mass is 481 g/mol. The minimum absolute atomic E-state index is 0.0204. The molecule has 0 bridgehead atoms. The molecule has 0 aliphatic carbocycles. The van der Waals surface area contributed by atoms with Gasteiger partial charge in [-0.2, -0.15) is 0 Å². The van der Waals surface area contributed by atoms with Gasteiger partial charge < -0.3 is 30.1 Å². The summed E-state index contributed by atoms with van der Waals surface area (Å²) in [6.45, 7) is 1.29. The number of benzene rings is 2. The topological polar surface area (TPSA) is 102 Å². The third-order valence-electron chi connectivity index (χ3n) is 7.25. The van der Waals surface area contributed by atoms with Crippen molar-refractivity contribution in [1.29, 1.82) is 0 Å². The average Bonchev–Trinajstić information content (AvgIpc) is 2.86. The van der Waals surface area contributed by atoms with E-state index in [1.165, 1.54) is 0 Å². The molecule has 2 atom stereocenters. The van der Waals surface area contributed by atoms with E-state index in [-0.39, 0.29) is 24.8 Å². The van der Waals surface area contributed by atoms with Gasteiger partial charge >= 0.3 is 0 Å². The third kappa shape index (κ3) is 5.94. The molecule has 2 aromatic rings. The maximum atomic E-state index is 13.1. The Kier molecular flexibility index (Phi) is 7.62. The quantitative estimate of drug-likeness (QED) is 0.605. The van der Waals surface area contributed by atoms with Crippen LogP contribution in [-0.4, -0.2) is 79.5 Å². The third-order valence-corrected chi connectivity index (χ3v) is 7.25. The van der Waals surface area contributed by atoms with Crippen molar-refractivity contribution in [3.05, 3.63) is 59.7 Å². The molecule has 1 spiro atoms. The molecule has 0 radical (unpaired) electrons. The summed E-state index contributed by atoms with van der Waals surface area (Å²) in [6, 6.07) is 14.8. The van der Waals surface area contributed by atoms with Crippen LogP contribution in [0.4, 0.5) is 5.69 Å². The predicted octanol–water partition coefficient (Wildman–Crippen LogP) is 1.84. The zero-order chi connectivity index (χ0) is 25.0. The molecule has 8 heteroatoms. The first-order chi connectivity index (χ1) is 16.8. The standard InChI is InChI=1S/C27H35N3O5/c1-29(2)21-9-7-19(8-10-21)26(34)30-13-11-27(12-14-30)16-23(32)22(31)15-20-5-3-4-6-24(20)35-17-25(33)28-18-27/h3-10,22-23,31-32H,11-18H2,1-2H3,(H,28,33)/t22-,23+/m0/s1. The number of ether oxygens (including phenoxy) is 1. The van der Waals surface area contributed by atoms with Gasteiger partial charge in [0.15, 0.2) is 6.61 Å². The number of amides is 2. The van der Waals surface area contributed by atoms with E-state index in [4.69, 9.17) is 4.74 Å². The number of nitrogens with one attached hydrogen (secondary N) is 1. The Bertz CT molecular complexity index is 1030. The van der Waals surface area contributed by atoms with Crippen LogP contribution >= 0.6 is 0 Å². The highest BCUT2D eigenvalue weighted by molar-refractivity contribution is 5.94. The Morgan fingerprint density at radius 2 is 1.74 bits per heavy atom. The van der Waals surface area contributed by atoms with Crippen molar-refractivity contribution in [3.63, 3.8) is 0 Å². The number of para-hydroxylation sites is 1. The van der Waals surface area contributed by atoms with Gasteiger partial charge in [0, 0.05) is 51.4 Å². The molecule has 2 aliphatic heterocycles. The number of aliphatic hydroxyl groups is 2. The van der Waals surface area contributed by atoms with Gasteiger partial charge in [0.2, 0.25) is 0 Å². The molecule has 188 valence electrons. The molecule has 2 aliphatic rings. The first kappa shape index (κ1) is 25.0. The lowest BCUT2D eigenvalue weighted by Gasteiger charge is -2.43. The molecule has 8 nitrogen and oxygen atoms in total. The van der Waals surface area contributed by atoms with Crippen LogP contribution < -0.4 is 15.0 Å². The number of carbonyl (C=O) groups is 2. The number of anilines is 1. The fourth-order valence-corrected chi connectivity index (χ4v) is 4.96. The van der Waals surface area contributed by atoms with Crippen LogP contribution in [0.15, 0.2) is 48.5 Å². The molecule has 0 unspecified atom stereocenters. The van der Waals surface area contributed by atoms with E-state index >= 15 is 0 Å². The fourth-order valence-electron chi connectivity index (χ4n) is 4.96. The van der Waals surface area contributed by atoms with Crippen LogP contribution in [0.5, 0.6) is 5.75 Å². The number of rotatable bonds is 2. The van der Waals surface area contributed by atoms with Gasteiger partial charge in [0.05, 0.1) is 12.2 Å². The van der Waals surface area contributed by atoms with E-state index in [1.807, 2.05) is 66.4 Å². The van der Waals surface area contributed by atoms with E-state index in [9.17, 15) is 19.8 Å². The van der Waals surface area contributed by atoms with E-state index < -0.39 is 17.6 Å². The molecule has 1 fully saturated rings. The van der Waals surface area contributed by atoms with Gasteiger partial charge in [-0.1, -0.05) is 18.2 Å². The van der Waals surface area contributed by atoms with Crippen molar-refractivity contribution in [2.24, 2.45) is 5.41 Å². The second-order valence-electron chi connectivity index (χ2n) is 9.95. The molecule has 2 aromatic carbocycles. The molecule has 3 N–H and O–H groups in total. The second-order valence-corrected chi connectivity index (χ2v) is 9.95. The first-order valence-electron chi connectivity index (χ1n) is 12.2. The highest BCUT2D eigenvalue weighted by Gasteiger charge is 2.39. The number of nitrogens with zero attached hydrogens (tertiary/aromatic N) is 2. The van der Waals surface area contributed by atoms with Gasteiger partial charge in [-0.15, -0.1) is 0 Å². The molecular weight excluding hydrogens is 446 g/mol. The highest BCUT2D eigenvalue weighted by Crippen LogP contribution is 2.37. The average molecular weight is 482 g/mol. The van der Waals surface area contributed by atoms with Crippen LogP contribution in [0, 0.1) is 5.41 Å². The lowest BCUT2D eigenvalue weighted by atomic mass is 9.73. The first-order valence-corrected chi connectivity index (χ1v) is 12.2. The number of aliphatic hydroxyl groups excluding tert-OH is 2. The Morgan fingerprint density at radius 1 is 1.06 bits per heavy atom. The molecule has 2 amide bonds. The molecule has 4 rings (SSSR count). The summed E-state index contributed by atoms with van der Waals surface area (Å²) in [6.07, 6.45) is -0.0899. The van der Waals surface area contributed by atoms with Crippen molar-refractivity contribution in [3.8, 4) is 5.75 Å². The zero-order valence-electron chi connectivity index (χ0n) is 20.4. The summed E-state index contributed by atoms with van der Waals surface area (Å²) >= 11 is 0. The summed E-state index contributed by atoms with van der Waals surface area (Å²) in [7, 11) is 3.91. The molecule has 0 saturated carbocycles. The minimum atomic E-state index is -0.958. The maximum absolute atomic E-state index is 13.1. The number of hydrogen-bond acceptors (Lipinski definition) is 6. The van der Waals surface area contributed by atoms with E-state index in [0.717, 1.165) is 11.3 Å². The van der Waals surface area contributed by atoms with Gasteiger partial charge in [0.1, 0.15) is 5.75 Å². The fraction of sp³-hybridized carbons (Fsp3) is 0.481. The summed E-state index contributed by atoms with van der Waals surface area (Å²) in [5, 5.41) is 24.6. The normalized spacial score (nSPS) is 22.7.